The lowest BCUT2D eigenvalue weighted by Gasteiger charge is -2.06. The molecule has 0 spiro atoms. The molecule has 0 aliphatic carbocycles. The Morgan fingerprint density at radius 2 is 1.95 bits per heavy atom. The predicted octanol–water partition coefficient (Wildman–Crippen LogP) is 5.23. The Morgan fingerprint density at radius 1 is 1.10 bits per heavy atom. The Hall–Kier alpha value is -1.71. The van der Waals surface area contributed by atoms with Crippen molar-refractivity contribution in [1.82, 2.24) is 4.98 Å². The maximum atomic E-state index is 13.1. The lowest BCUT2D eigenvalue weighted by Crippen LogP contribution is -1.98. The fourth-order valence-electron chi connectivity index (χ4n) is 2.11. The first-order valence-electron chi connectivity index (χ1n) is 6.08. The van der Waals surface area contributed by atoms with Crippen LogP contribution in [0.5, 0.6) is 0 Å². The number of fused-ring (bicyclic) bond motifs is 1. The standard InChI is InChI=1S/C15H11Cl2FN2/c16-10-1-3-12-9(8-20-15(12)5-10)7-19-11-2-4-14(18)13(17)6-11/h1-6,8,19-20H,7H2. The third-order valence-electron chi connectivity index (χ3n) is 3.13. The molecule has 2 N–H and O–H groups in total. The monoisotopic (exact) mass is 308 g/mol. The van der Waals surface area contributed by atoms with E-state index in [4.69, 9.17) is 23.2 Å². The van der Waals surface area contributed by atoms with E-state index < -0.39 is 5.82 Å². The average Bonchev–Trinajstić information content (AvgIpc) is 2.82. The Balaban J connectivity index is 1.81. The minimum atomic E-state index is -0.418. The van der Waals surface area contributed by atoms with Gasteiger partial charge in [-0.15, -0.1) is 0 Å². The van der Waals surface area contributed by atoms with Crippen LogP contribution in [0.15, 0.2) is 42.6 Å². The first-order chi connectivity index (χ1) is 9.63. The van der Waals surface area contributed by atoms with Crippen molar-refractivity contribution in [1.29, 1.82) is 0 Å². The molecule has 0 unspecified atom stereocenters. The molecule has 0 saturated heterocycles. The quantitative estimate of drug-likeness (QED) is 0.681. The van der Waals surface area contributed by atoms with Gasteiger partial charge in [-0.1, -0.05) is 29.3 Å². The van der Waals surface area contributed by atoms with Gasteiger partial charge in [-0.05, 0) is 35.9 Å². The predicted molar refractivity (Wildman–Crippen MR) is 82.0 cm³/mol. The fraction of sp³-hybridized carbons (Fsp3) is 0.0667. The highest BCUT2D eigenvalue weighted by molar-refractivity contribution is 6.31. The van der Waals surface area contributed by atoms with Crippen LogP contribution in [-0.4, -0.2) is 4.98 Å². The molecule has 1 aromatic heterocycles. The molecule has 1 heterocycles. The first-order valence-corrected chi connectivity index (χ1v) is 6.83. The van der Waals surface area contributed by atoms with E-state index in [0.29, 0.717) is 11.6 Å². The molecule has 2 aromatic carbocycles. The summed E-state index contributed by atoms with van der Waals surface area (Å²) in [6.45, 7) is 0.615. The minimum absolute atomic E-state index is 0.112. The molecule has 0 bridgehead atoms. The van der Waals surface area contributed by atoms with Crippen LogP contribution < -0.4 is 5.32 Å². The molecule has 0 radical (unpaired) electrons. The number of nitrogens with one attached hydrogen (secondary N) is 2. The van der Waals surface area contributed by atoms with E-state index in [0.717, 1.165) is 22.2 Å². The summed E-state index contributed by atoms with van der Waals surface area (Å²) in [5, 5.41) is 5.13. The number of hydrogen-bond donors (Lipinski definition) is 2. The van der Waals surface area contributed by atoms with Crippen LogP contribution in [0.25, 0.3) is 10.9 Å². The van der Waals surface area contributed by atoms with Crippen LogP contribution in [0.2, 0.25) is 10.0 Å². The van der Waals surface area contributed by atoms with Gasteiger partial charge in [0.15, 0.2) is 0 Å². The van der Waals surface area contributed by atoms with E-state index in [9.17, 15) is 4.39 Å². The van der Waals surface area contributed by atoms with Crippen molar-refractivity contribution in [2.75, 3.05) is 5.32 Å². The van der Waals surface area contributed by atoms with Gasteiger partial charge in [0.25, 0.3) is 0 Å². The number of benzene rings is 2. The van der Waals surface area contributed by atoms with Crippen LogP contribution >= 0.6 is 23.2 Å². The van der Waals surface area contributed by atoms with Crippen molar-refractivity contribution in [2.45, 2.75) is 6.54 Å². The summed E-state index contributed by atoms with van der Waals surface area (Å²) < 4.78 is 13.1. The summed E-state index contributed by atoms with van der Waals surface area (Å²) in [6, 6.07) is 10.3. The maximum absolute atomic E-state index is 13.1. The van der Waals surface area contributed by atoms with Crippen LogP contribution in [0.3, 0.4) is 0 Å². The summed E-state index contributed by atoms with van der Waals surface area (Å²) in [5.41, 5.74) is 2.88. The highest BCUT2D eigenvalue weighted by Crippen LogP contribution is 2.24. The van der Waals surface area contributed by atoms with Crippen LogP contribution in [-0.2, 0) is 6.54 Å². The largest absolute Gasteiger partial charge is 0.381 e. The molecule has 0 fully saturated rings. The second kappa shape index (κ2) is 5.35. The molecule has 0 amide bonds. The van der Waals surface area contributed by atoms with E-state index in [1.54, 1.807) is 12.1 Å². The van der Waals surface area contributed by atoms with Gasteiger partial charge in [0, 0.05) is 34.4 Å². The maximum Gasteiger partial charge on any atom is 0.141 e. The topological polar surface area (TPSA) is 27.8 Å². The zero-order chi connectivity index (χ0) is 14.1. The van der Waals surface area contributed by atoms with Gasteiger partial charge in [-0.2, -0.15) is 0 Å². The van der Waals surface area contributed by atoms with Gasteiger partial charge in [-0.3, -0.25) is 0 Å². The SMILES string of the molecule is Fc1ccc(NCc2c[nH]c3cc(Cl)ccc23)cc1Cl. The van der Waals surface area contributed by atoms with Crippen molar-refractivity contribution in [3.8, 4) is 0 Å². The second-order valence-corrected chi connectivity index (χ2v) is 5.33. The van der Waals surface area contributed by atoms with Crippen molar-refractivity contribution in [3.05, 3.63) is 64.0 Å². The smallest absolute Gasteiger partial charge is 0.141 e. The van der Waals surface area contributed by atoms with Crippen LogP contribution in [0.1, 0.15) is 5.56 Å². The summed E-state index contributed by atoms with van der Waals surface area (Å²) in [4.78, 5) is 3.18. The highest BCUT2D eigenvalue weighted by Gasteiger charge is 2.05. The number of anilines is 1. The highest BCUT2D eigenvalue weighted by atomic mass is 35.5. The molecule has 0 aliphatic rings. The van der Waals surface area contributed by atoms with E-state index in [1.165, 1.54) is 6.07 Å². The van der Waals surface area contributed by atoms with E-state index in [-0.39, 0.29) is 5.02 Å². The van der Waals surface area contributed by atoms with Crippen molar-refractivity contribution < 1.29 is 4.39 Å². The van der Waals surface area contributed by atoms with E-state index in [1.807, 2.05) is 24.4 Å². The molecule has 3 aromatic rings. The zero-order valence-electron chi connectivity index (χ0n) is 10.4. The van der Waals surface area contributed by atoms with Gasteiger partial charge < -0.3 is 10.3 Å². The third kappa shape index (κ3) is 2.60. The normalized spacial score (nSPS) is 10.9. The Bertz CT molecular complexity index is 768. The molecule has 0 atom stereocenters. The zero-order valence-corrected chi connectivity index (χ0v) is 11.9. The van der Waals surface area contributed by atoms with Crippen molar-refractivity contribution >= 4 is 39.8 Å². The number of H-pyrrole nitrogens is 1. The first kappa shape index (κ1) is 13.3. The van der Waals surface area contributed by atoms with Gasteiger partial charge in [0.05, 0.1) is 5.02 Å². The lowest BCUT2D eigenvalue weighted by atomic mass is 10.1. The summed E-state index contributed by atoms with van der Waals surface area (Å²) in [7, 11) is 0. The molecule has 0 saturated carbocycles. The number of aromatic nitrogens is 1. The van der Waals surface area contributed by atoms with Crippen molar-refractivity contribution in [3.63, 3.8) is 0 Å². The van der Waals surface area contributed by atoms with Gasteiger partial charge in [0.2, 0.25) is 0 Å². The Labute approximate surface area is 125 Å². The average molecular weight is 309 g/mol. The molecule has 5 heteroatoms. The number of aromatic amines is 1. The molecular weight excluding hydrogens is 298 g/mol. The Kier molecular flexibility index (Phi) is 3.55. The summed E-state index contributed by atoms with van der Waals surface area (Å²) >= 11 is 11.7. The molecule has 2 nitrogen and oxygen atoms in total. The molecule has 3 rings (SSSR count). The lowest BCUT2D eigenvalue weighted by molar-refractivity contribution is 0.628. The van der Waals surface area contributed by atoms with Gasteiger partial charge >= 0.3 is 0 Å². The molecule has 0 aliphatic heterocycles. The number of hydrogen-bond acceptors (Lipinski definition) is 1. The van der Waals surface area contributed by atoms with Crippen LogP contribution in [0, 0.1) is 5.82 Å². The van der Waals surface area contributed by atoms with Crippen molar-refractivity contribution in [2.24, 2.45) is 0 Å². The molecule has 102 valence electrons. The van der Waals surface area contributed by atoms with E-state index in [2.05, 4.69) is 10.3 Å². The van der Waals surface area contributed by atoms with Crippen LogP contribution in [0.4, 0.5) is 10.1 Å². The van der Waals surface area contributed by atoms with Gasteiger partial charge in [0.1, 0.15) is 5.82 Å². The molecular formula is C15H11Cl2FN2. The third-order valence-corrected chi connectivity index (χ3v) is 3.66. The van der Waals surface area contributed by atoms with Gasteiger partial charge in [-0.25, -0.2) is 4.39 Å². The fourth-order valence-corrected chi connectivity index (χ4v) is 2.46. The minimum Gasteiger partial charge on any atom is -0.381 e. The van der Waals surface area contributed by atoms with E-state index >= 15 is 0 Å². The molecule has 20 heavy (non-hydrogen) atoms. The summed E-state index contributed by atoms with van der Waals surface area (Å²) in [5.74, 6) is -0.418. The number of halogens is 3. The number of rotatable bonds is 3. The second-order valence-electron chi connectivity index (χ2n) is 4.49. The summed E-state index contributed by atoms with van der Waals surface area (Å²) in [6.07, 6.45) is 1.93. The Morgan fingerprint density at radius 3 is 2.75 bits per heavy atom.